The number of anilines is 1. The van der Waals surface area contributed by atoms with Gasteiger partial charge in [0.15, 0.2) is 0 Å². The Morgan fingerprint density at radius 3 is 2.74 bits per heavy atom. The zero-order chi connectivity index (χ0) is 14.5. The molecule has 1 saturated heterocycles. The summed E-state index contributed by atoms with van der Waals surface area (Å²) in [5.74, 6) is 0.425. The molecule has 0 aliphatic carbocycles. The molecular weight excluding hydrogens is 246 g/mol. The summed E-state index contributed by atoms with van der Waals surface area (Å²) >= 11 is 0. The number of ether oxygens (including phenoxy) is 2. The van der Waals surface area contributed by atoms with Gasteiger partial charge in [0.2, 0.25) is 6.41 Å². The van der Waals surface area contributed by atoms with Crippen LogP contribution in [0.1, 0.15) is 34.1 Å². The van der Waals surface area contributed by atoms with Crippen molar-refractivity contribution in [2.75, 3.05) is 18.5 Å². The van der Waals surface area contributed by atoms with Gasteiger partial charge < -0.3 is 14.8 Å². The first-order valence-corrected chi connectivity index (χ1v) is 6.66. The van der Waals surface area contributed by atoms with Gasteiger partial charge in [0.05, 0.1) is 13.2 Å². The van der Waals surface area contributed by atoms with Crippen molar-refractivity contribution >= 4 is 12.2 Å². The van der Waals surface area contributed by atoms with Crippen molar-refractivity contribution in [3.63, 3.8) is 0 Å². The van der Waals surface area contributed by atoms with Crippen LogP contribution in [0.5, 0.6) is 6.01 Å². The van der Waals surface area contributed by atoms with Crippen LogP contribution in [0.4, 0.5) is 5.82 Å². The lowest BCUT2D eigenvalue weighted by atomic mass is 10.3. The Labute approximate surface area is 114 Å². The number of amides is 1. The molecule has 19 heavy (non-hydrogen) atoms. The van der Waals surface area contributed by atoms with Crippen LogP contribution in [-0.2, 0) is 9.53 Å². The van der Waals surface area contributed by atoms with Crippen molar-refractivity contribution in [2.24, 2.45) is 0 Å². The lowest BCUT2D eigenvalue weighted by Gasteiger charge is -2.09. The molecule has 0 aromatic carbocycles. The zero-order valence-electron chi connectivity index (χ0n) is 12.0. The van der Waals surface area contributed by atoms with Gasteiger partial charge in [0.25, 0.3) is 0 Å². The topological polar surface area (TPSA) is 73.3 Å². The van der Waals surface area contributed by atoms with Crippen LogP contribution >= 0.6 is 0 Å². The van der Waals surface area contributed by atoms with Crippen molar-refractivity contribution in [3.8, 4) is 6.01 Å². The van der Waals surface area contributed by atoms with Gasteiger partial charge in [-0.05, 0) is 6.07 Å². The number of hydrogen-bond acceptors (Lipinski definition) is 5. The van der Waals surface area contributed by atoms with Gasteiger partial charge in [-0.15, -0.1) is 0 Å². The number of carbonyl (C=O) groups is 1. The van der Waals surface area contributed by atoms with Gasteiger partial charge in [-0.1, -0.05) is 27.7 Å². The summed E-state index contributed by atoms with van der Waals surface area (Å²) in [6.07, 6.45) is 2.94. The first-order chi connectivity index (χ1) is 9.38. The van der Waals surface area contributed by atoms with E-state index in [4.69, 9.17) is 9.47 Å². The highest BCUT2D eigenvalue weighted by atomic mass is 16.6. The monoisotopic (exact) mass is 269 g/mol. The molecule has 2 heterocycles. The number of aromatic nitrogens is 2. The Bertz CT molecular complexity index is 342. The van der Waals surface area contributed by atoms with Crippen molar-refractivity contribution < 1.29 is 14.3 Å². The molecular formula is C13H23N3O3. The number of nitrogens with zero attached hydrogens (tertiary/aromatic N) is 2. The molecule has 0 saturated carbocycles. The Morgan fingerprint density at radius 2 is 2.16 bits per heavy atom. The third kappa shape index (κ3) is 6.71. The van der Waals surface area contributed by atoms with Crippen LogP contribution in [0.3, 0.4) is 0 Å². The quantitative estimate of drug-likeness (QED) is 0.849. The van der Waals surface area contributed by atoms with E-state index in [1.165, 1.54) is 6.20 Å². The Balaban J connectivity index is 0.000000741. The molecule has 1 fully saturated rings. The highest BCUT2D eigenvalue weighted by Crippen LogP contribution is 2.13. The minimum absolute atomic E-state index is 0.0106. The molecule has 6 nitrogen and oxygen atoms in total. The van der Waals surface area contributed by atoms with E-state index in [2.05, 4.69) is 15.3 Å². The molecule has 108 valence electrons. The number of nitrogens with one attached hydrogen (secondary N) is 1. The molecule has 1 atom stereocenters. The van der Waals surface area contributed by atoms with E-state index in [1.54, 1.807) is 6.07 Å². The average molecular weight is 269 g/mol. The summed E-state index contributed by atoms with van der Waals surface area (Å²) in [5, 5.41) is 2.43. The highest BCUT2D eigenvalue weighted by molar-refractivity contribution is 5.68. The molecule has 1 amide bonds. The van der Waals surface area contributed by atoms with Crippen molar-refractivity contribution in [1.82, 2.24) is 9.97 Å². The van der Waals surface area contributed by atoms with E-state index in [0.717, 1.165) is 6.42 Å². The molecule has 1 aromatic rings. The molecule has 2 rings (SSSR count). The Hall–Kier alpha value is -1.69. The lowest BCUT2D eigenvalue weighted by Crippen LogP contribution is -2.17. The zero-order valence-corrected chi connectivity index (χ0v) is 12.0. The molecule has 1 aromatic heterocycles. The maximum atomic E-state index is 10.2. The van der Waals surface area contributed by atoms with Gasteiger partial charge >= 0.3 is 6.01 Å². The van der Waals surface area contributed by atoms with E-state index in [-0.39, 0.29) is 12.1 Å². The summed E-state index contributed by atoms with van der Waals surface area (Å²) < 4.78 is 10.6. The number of rotatable bonds is 4. The fourth-order valence-corrected chi connectivity index (χ4v) is 1.29. The van der Waals surface area contributed by atoms with Crippen LogP contribution in [0, 0.1) is 0 Å². The van der Waals surface area contributed by atoms with E-state index < -0.39 is 0 Å². The Morgan fingerprint density at radius 1 is 1.42 bits per heavy atom. The smallest absolute Gasteiger partial charge is 0.318 e. The standard InChI is InChI=1S/C9H11N3O3.2C2H6/c13-6-11-8-1-3-10-9(12-8)15-7-2-4-14-5-7;2*1-2/h1,3,6-7H,2,4-5H2,(H,10,11,12,13);2*1-2H3. The number of hydrogen-bond donors (Lipinski definition) is 1. The molecule has 0 spiro atoms. The molecule has 1 aliphatic heterocycles. The van der Waals surface area contributed by atoms with Gasteiger partial charge in [-0.25, -0.2) is 4.98 Å². The average Bonchev–Trinajstić information content (AvgIpc) is 2.97. The highest BCUT2D eigenvalue weighted by Gasteiger charge is 2.18. The van der Waals surface area contributed by atoms with Crippen LogP contribution in [-0.4, -0.2) is 35.7 Å². The summed E-state index contributed by atoms with van der Waals surface area (Å²) in [4.78, 5) is 18.1. The second kappa shape index (κ2) is 11.4. The van der Waals surface area contributed by atoms with Gasteiger partial charge in [0.1, 0.15) is 11.9 Å². The van der Waals surface area contributed by atoms with Crippen molar-refractivity contribution in [1.29, 1.82) is 0 Å². The lowest BCUT2D eigenvalue weighted by molar-refractivity contribution is -0.105. The molecule has 0 radical (unpaired) electrons. The van der Waals surface area contributed by atoms with Crippen LogP contribution in [0.15, 0.2) is 12.3 Å². The predicted octanol–water partition coefficient (Wildman–Crippen LogP) is 2.26. The molecule has 1 aliphatic rings. The van der Waals surface area contributed by atoms with E-state index in [9.17, 15) is 4.79 Å². The van der Waals surface area contributed by atoms with Gasteiger partial charge in [-0.3, -0.25) is 4.79 Å². The largest absolute Gasteiger partial charge is 0.458 e. The maximum absolute atomic E-state index is 10.2. The van der Waals surface area contributed by atoms with Crippen molar-refractivity contribution in [2.45, 2.75) is 40.2 Å². The maximum Gasteiger partial charge on any atom is 0.318 e. The van der Waals surface area contributed by atoms with Gasteiger partial charge in [-0.2, -0.15) is 4.98 Å². The third-order valence-corrected chi connectivity index (χ3v) is 2.00. The fraction of sp³-hybridized carbons (Fsp3) is 0.615. The van der Waals surface area contributed by atoms with E-state index >= 15 is 0 Å². The fourth-order valence-electron chi connectivity index (χ4n) is 1.29. The second-order valence-electron chi connectivity index (χ2n) is 3.09. The summed E-state index contributed by atoms with van der Waals surface area (Å²) in [5.41, 5.74) is 0. The molecule has 1 unspecified atom stereocenters. The second-order valence-corrected chi connectivity index (χ2v) is 3.09. The van der Waals surface area contributed by atoms with Crippen LogP contribution < -0.4 is 10.1 Å². The third-order valence-electron chi connectivity index (χ3n) is 2.00. The molecule has 6 heteroatoms. The summed E-state index contributed by atoms with van der Waals surface area (Å²) in [7, 11) is 0. The van der Waals surface area contributed by atoms with Gasteiger partial charge in [0, 0.05) is 12.6 Å². The van der Waals surface area contributed by atoms with E-state index in [1.807, 2.05) is 27.7 Å². The minimum Gasteiger partial charge on any atom is -0.458 e. The molecule has 1 N–H and O–H groups in total. The predicted molar refractivity (Wildman–Crippen MR) is 74.3 cm³/mol. The van der Waals surface area contributed by atoms with Crippen LogP contribution in [0.25, 0.3) is 0 Å². The van der Waals surface area contributed by atoms with Crippen molar-refractivity contribution in [3.05, 3.63) is 12.3 Å². The summed E-state index contributed by atoms with van der Waals surface area (Å²) in [6, 6.07) is 1.85. The van der Waals surface area contributed by atoms with Crippen LogP contribution in [0.2, 0.25) is 0 Å². The van der Waals surface area contributed by atoms with E-state index in [0.29, 0.717) is 25.4 Å². The molecule has 0 bridgehead atoms. The number of carbonyl (C=O) groups excluding carboxylic acids is 1. The Kier molecular flexibility index (Phi) is 10.4. The minimum atomic E-state index is 0.0106. The summed E-state index contributed by atoms with van der Waals surface area (Å²) in [6.45, 7) is 9.27. The first kappa shape index (κ1) is 17.3. The SMILES string of the molecule is CC.CC.O=CNc1ccnc(OC2CCOC2)n1. The normalized spacial score (nSPS) is 16.3. The first-order valence-electron chi connectivity index (χ1n) is 6.66.